The number of benzene rings is 2. The lowest BCUT2D eigenvalue weighted by Crippen LogP contribution is -2.25. The number of aliphatic hydroxyl groups excluding tert-OH is 1. The summed E-state index contributed by atoms with van der Waals surface area (Å²) in [4.78, 5) is 18.1. The van der Waals surface area contributed by atoms with E-state index in [1.165, 1.54) is 24.5 Å². The first-order valence-electron chi connectivity index (χ1n) is 9.48. The Balaban J connectivity index is 1.60. The number of aliphatic imine (C=N–C) groups is 1. The number of rotatable bonds is 4. The average Bonchev–Trinajstić information content (AvgIpc) is 3.14. The molecule has 5 nitrogen and oxygen atoms in total. The van der Waals surface area contributed by atoms with Crippen LogP contribution in [-0.2, 0) is 11.3 Å². The van der Waals surface area contributed by atoms with E-state index in [9.17, 15) is 18.7 Å². The molecule has 2 aliphatic rings. The summed E-state index contributed by atoms with van der Waals surface area (Å²) >= 11 is 0. The molecule has 1 amide bonds. The van der Waals surface area contributed by atoms with Gasteiger partial charge in [-0.2, -0.15) is 0 Å². The maximum Gasteiger partial charge on any atom is 0.313 e. The molecule has 1 saturated carbocycles. The molecular formula is C22H20F2N2O3. The van der Waals surface area contributed by atoms with Crippen LogP contribution < -0.4 is 9.64 Å². The highest BCUT2D eigenvalue weighted by Crippen LogP contribution is 2.35. The molecule has 0 spiro atoms. The van der Waals surface area contributed by atoms with Gasteiger partial charge in [-0.05, 0) is 31.0 Å². The van der Waals surface area contributed by atoms with E-state index in [0.717, 1.165) is 18.9 Å². The van der Waals surface area contributed by atoms with Crippen molar-refractivity contribution in [3.05, 3.63) is 71.6 Å². The monoisotopic (exact) mass is 398 g/mol. The molecular weight excluding hydrogens is 378 g/mol. The van der Waals surface area contributed by atoms with Gasteiger partial charge in [0.15, 0.2) is 17.4 Å². The van der Waals surface area contributed by atoms with Crippen LogP contribution in [0.15, 0.2) is 59.4 Å². The first kappa shape index (κ1) is 19.3. The molecule has 0 aromatic heterocycles. The fourth-order valence-electron chi connectivity index (χ4n) is 3.59. The first-order chi connectivity index (χ1) is 14.0. The summed E-state index contributed by atoms with van der Waals surface area (Å²) in [6.07, 6.45) is 4.81. The van der Waals surface area contributed by atoms with Gasteiger partial charge in [-0.3, -0.25) is 4.79 Å². The number of aliphatic hydroxyl groups is 1. The molecule has 1 fully saturated rings. The number of anilines is 1. The molecule has 2 atom stereocenters. The predicted octanol–water partition coefficient (Wildman–Crippen LogP) is 3.96. The Morgan fingerprint density at radius 2 is 2.03 bits per heavy atom. The molecule has 1 aliphatic heterocycles. The highest BCUT2D eigenvalue weighted by Gasteiger charge is 2.26. The molecule has 2 aromatic rings. The van der Waals surface area contributed by atoms with Crippen LogP contribution >= 0.6 is 0 Å². The second-order valence-electron chi connectivity index (χ2n) is 7.15. The topological polar surface area (TPSA) is 62.1 Å². The third kappa shape index (κ3) is 4.05. The van der Waals surface area contributed by atoms with Gasteiger partial charge in [0.2, 0.25) is 5.76 Å². The van der Waals surface area contributed by atoms with Gasteiger partial charge in [0.05, 0.1) is 24.5 Å². The van der Waals surface area contributed by atoms with Gasteiger partial charge in [0, 0.05) is 17.7 Å². The van der Waals surface area contributed by atoms with Crippen molar-refractivity contribution in [2.75, 3.05) is 4.90 Å². The summed E-state index contributed by atoms with van der Waals surface area (Å²) in [7, 11) is 0. The number of hydrogen-bond acceptors (Lipinski definition) is 4. The number of carbonyl (C=O) groups is 1. The van der Waals surface area contributed by atoms with E-state index in [4.69, 9.17) is 4.74 Å². The second kappa shape index (κ2) is 8.13. The van der Waals surface area contributed by atoms with Gasteiger partial charge < -0.3 is 14.7 Å². The van der Waals surface area contributed by atoms with Gasteiger partial charge in [-0.25, -0.2) is 13.8 Å². The SMILES string of the molecule is O=C(N=CC1CCC[C@H]1O)C1=CN(Cc2cccc(F)c2F)c2ccccc2O1. The number of amides is 1. The van der Waals surface area contributed by atoms with Crippen molar-refractivity contribution < 1.29 is 23.4 Å². The lowest BCUT2D eigenvalue weighted by Gasteiger charge is -2.28. The van der Waals surface area contributed by atoms with Crippen molar-refractivity contribution in [1.82, 2.24) is 0 Å². The second-order valence-corrected chi connectivity index (χ2v) is 7.15. The Labute approximate surface area is 166 Å². The van der Waals surface area contributed by atoms with Crippen molar-refractivity contribution >= 4 is 17.8 Å². The molecule has 1 heterocycles. The molecule has 0 bridgehead atoms. The smallest absolute Gasteiger partial charge is 0.313 e. The molecule has 1 aliphatic carbocycles. The highest BCUT2D eigenvalue weighted by molar-refractivity contribution is 5.98. The van der Waals surface area contributed by atoms with Crippen molar-refractivity contribution in [1.29, 1.82) is 0 Å². The maximum absolute atomic E-state index is 14.2. The zero-order valence-corrected chi connectivity index (χ0v) is 15.6. The lowest BCUT2D eigenvalue weighted by atomic mass is 10.1. The van der Waals surface area contributed by atoms with Crippen LogP contribution in [0.5, 0.6) is 5.75 Å². The number of hydrogen-bond donors (Lipinski definition) is 1. The van der Waals surface area contributed by atoms with Crippen molar-refractivity contribution in [3.8, 4) is 5.75 Å². The predicted molar refractivity (Wildman–Crippen MR) is 105 cm³/mol. The average molecular weight is 398 g/mol. The zero-order valence-electron chi connectivity index (χ0n) is 15.6. The van der Waals surface area contributed by atoms with Crippen molar-refractivity contribution in [2.24, 2.45) is 10.9 Å². The zero-order chi connectivity index (χ0) is 20.4. The summed E-state index contributed by atoms with van der Waals surface area (Å²) in [6.45, 7) is 0.0196. The van der Waals surface area contributed by atoms with Crippen LogP contribution in [0.4, 0.5) is 14.5 Å². The van der Waals surface area contributed by atoms with E-state index in [-0.39, 0.29) is 23.8 Å². The minimum atomic E-state index is -0.927. The van der Waals surface area contributed by atoms with Crippen LogP contribution in [0.25, 0.3) is 0 Å². The first-order valence-corrected chi connectivity index (χ1v) is 9.48. The number of carbonyl (C=O) groups excluding carboxylic acids is 1. The van der Waals surface area contributed by atoms with Crippen LogP contribution in [0.1, 0.15) is 24.8 Å². The standard InChI is InChI=1S/C22H20F2N2O3/c23-16-7-3-6-15(21(16)24)12-26-13-20(29-19-10-2-1-8-17(19)26)22(28)25-11-14-5-4-9-18(14)27/h1-3,6-8,10-11,13-14,18,27H,4-5,9,12H2/t14?,18-/m1/s1. The number of ether oxygens (including phenoxy) is 1. The van der Waals surface area contributed by atoms with Crippen molar-refractivity contribution in [2.45, 2.75) is 31.9 Å². The van der Waals surface area contributed by atoms with Crippen LogP contribution in [0, 0.1) is 17.6 Å². The van der Waals surface area contributed by atoms with E-state index in [1.807, 2.05) is 0 Å². The highest BCUT2D eigenvalue weighted by atomic mass is 19.2. The quantitative estimate of drug-likeness (QED) is 0.792. The Morgan fingerprint density at radius 3 is 2.83 bits per heavy atom. The minimum absolute atomic E-state index is 0.0196. The summed E-state index contributed by atoms with van der Waals surface area (Å²) < 4.78 is 33.4. The third-order valence-corrected chi connectivity index (χ3v) is 5.17. The molecule has 1 unspecified atom stereocenters. The molecule has 0 saturated heterocycles. The Kier molecular flexibility index (Phi) is 5.40. The van der Waals surface area contributed by atoms with Gasteiger partial charge >= 0.3 is 5.91 Å². The lowest BCUT2D eigenvalue weighted by molar-refractivity contribution is -0.116. The number of fused-ring (bicyclic) bond motifs is 1. The van der Waals surface area contributed by atoms with E-state index in [1.54, 1.807) is 29.2 Å². The van der Waals surface area contributed by atoms with Crippen LogP contribution in [-0.4, -0.2) is 23.3 Å². The summed E-state index contributed by atoms with van der Waals surface area (Å²) in [6, 6.07) is 11.0. The van der Waals surface area contributed by atoms with E-state index < -0.39 is 23.6 Å². The Bertz CT molecular complexity index is 990. The van der Waals surface area contributed by atoms with Gasteiger partial charge in [0.25, 0.3) is 0 Å². The number of para-hydroxylation sites is 2. The Hall–Kier alpha value is -3.06. The van der Waals surface area contributed by atoms with E-state index in [2.05, 4.69) is 4.99 Å². The number of nitrogens with zero attached hydrogens (tertiary/aromatic N) is 2. The fourth-order valence-corrected chi connectivity index (χ4v) is 3.59. The Morgan fingerprint density at radius 1 is 1.21 bits per heavy atom. The van der Waals surface area contributed by atoms with Gasteiger partial charge in [-0.15, -0.1) is 0 Å². The summed E-state index contributed by atoms with van der Waals surface area (Å²) in [5.74, 6) is -2.19. The molecule has 7 heteroatoms. The third-order valence-electron chi connectivity index (χ3n) is 5.17. The van der Waals surface area contributed by atoms with E-state index >= 15 is 0 Å². The molecule has 0 radical (unpaired) electrons. The van der Waals surface area contributed by atoms with E-state index in [0.29, 0.717) is 17.9 Å². The van der Waals surface area contributed by atoms with Crippen molar-refractivity contribution in [3.63, 3.8) is 0 Å². The normalized spacial score (nSPS) is 21.1. The molecule has 4 rings (SSSR count). The summed E-state index contributed by atoms with van der Waals surface area (Å²) in [5, 5.41) is 9.87. The van der Waals surface area contributed by atoms with Crippen LogP contribution in [0.2, 0.25) is 0 Å². The largest absolute Gasteiger partial charge is 0.448 e. The number of halogens is 2. The molecule has 1 N–H and O–H groups in total. The van der Waals surface area contributed by atoms with Gasteiger partial charge in [-0.1, -0.05) is 30.7 Å². The minimum Gasteiger partial charge on any atom is -0.448 e. The van der Waals surface area contributed by atoms with Crippen LogP contribution in [0.3, 0.4) is 0 Å². The fraction of sp³-hybridized carbons (Fsp3) is 0.273. The molecule has 2 aromatic carbocycles. The molecule has 29 heavy (non-hydrogen) atoms. The summed E-state index contributed by atoms with van der Waals surface area (Å²) in [5.41, 5.74) is 0.783. The molecule has 150 valence electrons. The van der Waals surface area contributed by atoms with Gasteiger partial charge in [0.1, 0.15) is 0 Å². The maximum atomic E-state index is 14.2.